The molecule has 7 heteroatoms. The van der Waals surface area contributed by atoms with Crippen LogP contribution < -0.4 is 5.14 Å². The Kier molecular flexibility index (Phi) is 3.95. The molecule has 0 unspecified atom stereocenters. The van der Waals surface area contributed by atoms with Crippen LogP contribution in [0.25, 0.3) is 0 Å². The van der Waals surface area contributed by atoms with Crippen molar-refractivity contribution >= 4 is 10.0 Å². The lowest BCUT2D eigenvalue weighted by Crippen LogP contribution is -2.33. The monoisotopic (exact) mass is 245 g/mol. The van der Waals surface area contributed by atoms with E-state index in [9.17, 15) is 8.42 Å². The summed E-state index contributed by atoms with van der Waals surface area (Å²) in [5.74, 6) is 0.314. The quantitative estimate of drug-likeness (QED) is 0.814. The number of primary sulfonamides is 1. The molecule has 6 nitrogen and oxygen atoms in total. The average molecular weight is 245 g/mol. The maximum Gasteiger partial charge on any atom is 0.214 e. The molecule has 0 saturated carbocycles. The fourth-order valence-electron chi connectivity index (χ4n) is 1.23. The normalized spacial score (nSPS) is 15.8. The molecule has 0 radical (unpaired) electrons. The number of nitrogens with two attached hydrogens (primary N) is 1. The van der Waals surface area contributed by atoms with Gasteiger partial charge in [0.05, 0.1) is 0 Å². The summed E-state index contributed by atoms with van der Waals surface area (Å²) in [4.78, 5) is 8.06. The fraction of sp³-hybridized carbons (Fsp3) is 0.556. The van der Waals surface area contributed by atoms with Crippen molar-refractivity contribution in [1.29, 1.82) is 0 Å². The summed E-state index contributed by atoms with van der Waals surface area (Å²) in [5, 5.41) is 4.17. The van der Waals surface area contributed by atoms with Gasteiger partial charge >= 0.3 is 0 Å². The van der Waals surface area contributed by atoms with Crippen molar-refractivity contribution < 1.29 is 13.2 Å². The third-order valence-corrected chi connectivity index (χ3v) is 3.54. The van der Waals surface area contributed by atoms with Crippen LogP contribution in [0.15, 0.2) is 12.4 Å². The summed E-state index contributed by atoms with van der Waals surface area (Å²) >= 11 is 0. The fourth-order valence-corrected chi connectivity index (χ4v) is 1.81. The van der Waals surface area contributed by atoms with Gasteiger partial charge in [-0.15, -0.1) is 0 Å². The Morgan fingerprint density at radius 3 is 2.25 bits per heavy atom. The van der Waals surface area contributed by atoms with Gasteiger partial charge in [0.25, 0.3) is 0 Å². The number of rotatable bonds is 4. The van der Waals surface area contributed by atoms with Crippen molar-refractivity contribution in [1.82, 2.24) is 9.97 Å². The minimum absolute atomic E-state index is 0.314. The molecular weight excluding hydrogens is 230 g/mol. The molecule has 0 aliphatic heterocycles. The second kappa shape index (κ2) is 4.86. The number of hydrogen-bond acceptors (Lipinski definition) is 5. The molecule has 16 heavy (non-hydrogen) atoms. The summed E-state index contributed by atoms with van der Waals surface area (Å²) in [6, 6.07) is 0. The average Bonchev–Trinajstić information content (AvgIpc) is 2.20. The van der Waals surface area contributed by atoms with Crippen LogP contribution >= 0.6 is 0 Å². The lowest BCUT2D eigenvalue weighted by atomic mass is 10.2. The molecule has 0 saturated heterocycles. The van der Waals surface area contributed by atoms with E-state index in [0.717, 1.165) is 5.56 Å². The van der Waals surface area contributed by atoms with Crippen molar-refractivity contribution in [2.24, 2.45) is 5.14 Å². The minimum atomic E-state index is -3.68. The molecule has 0 bridgehead atoms. The van der Waals surface area contributed by atoms with Crippen molar-refractivity contribution in [3.8, 4) is 0 Å². The highest BCUT2D eigenvalue weighted by Gasteiger charge is 2.29. The van der Waals surface area contributed by atoms with Crippen LogP contribution in [0, 0.1) is 6.92 Å². The van der Waals surface area contributed by atoms with Gasteiger partial charge < -0.3 is 4.74 Å². The van der Waals surface area contributed by atoms with Crippen molar-refractivity contribution in [2.45, 2.75) is 25.2 Å². The van der Waals surface area contributed by atoms with E-state index in [1.165, 1.54) is 14.0 Å². The van der Waals surface area contributed by atoms with Crippen LogP contribution in [0.5, 0.6) is 0 Å². The molecule has 0 aromatic carbocycles. The van der Waals surface area contributed by atoms with Crippen LogP contribution in [-0.4, -0.2) is 30.7 Å². The van der Waals surface area contributed by atoms with E-state index >= 15 is 0 Å². The third-order valence-electron chi connectivity index (χ3n) is 2.25. The second-order valence-electron chi connectivity index (χ2n) is 3.57. The summed E-state index contributed by atoms with van der Waals surface area (Å²) in [5.41, 5.74) is 0.891. The Labute approximate surface area is 94.9 Å². The number of nitrogens with zero attached hydrogens (tertiary/aromatic N) is 2. The van der Waals surface area contributed by atoms with Gasteiger partial charge in [0.15, 0.2) is 5.82 Å². The van der Waals surface area contributed by atoms with Crippen LogP contribution in [-0.2, 0) is 14.8 Å². The molecule has 2 atom stereocenters. The lowest BCUT2D eigenvalue weighted by molar-refractivity contribution is 0.0948. The first-order valence-corrected chi connectivity index (χ1v) is 6.30. The Bertz CT molecular complexity index is 444. The molecule has 0 spiro atoms. The molecule has 90 valence electrons. The van der Waals surface area contributed by atoms with Crippen LogP contribution in [0.4, 0.5) is 0 Å². The molecule has 0 aliphatic rings. The number of hydrogen-bond donors (Lipinski definition) is 1. The summed E-state index contributed by atoms with van der Waals surface area (Å²) in [6.45, 7) is 3.31. The van der Waals surface area contributed by atoms with E-state index in [2.05, 4.69) is 9.97 Å². The number of methoxy groups -OCH3 is 1. The van der Waals surface area contributed by atoms with E-state index in [0.29, 0.717) is 5.82 Å². The highest BCUT2D eigenvalue weighted by atomic mass is 32.2. The Morgan fingerprint density at radius 2 is 1.88 bits per heavy atom. The maximum atomic E-state index is 11.2. The SMILES string of the molecule is CO[C@@H](c1ncc(C)cn1)[C@@H](C)S(N)(=O)=O. The van der Waals surface area contributed by atoms with Gasteiger partial charge in [-0.3, -0.25) is 0 Å². The topological polar surface area (TPSA) is 95.2 Å². The molecule has 1 heterocycles. The zero-order chi connectivity index (χ0) is 12.3. The molecular formula is C9H15N3O3S. The van der Waals surface area contributed by atoms with Gasteiger partial charge in [-0.2, -0.15) is 0 Å². The molecule has 2 N–H and O–H groups in total. The van der Waals surface area contributed by atoms with E-state index in [1.807, 2.05) is 6.92 Å². The summed E-state index contributed by atoms with van der Waals surface area (Å²) in [6.07, 6.45) is 2.45. The zero-order valence-corrected chi connectivity index (χ0v) is 10.2. The van der Waals surface area contributed by atoms with Gasteiger partial charge in [0, 0.05) is 19.5 Å². The first-order chi connectivity index (χ1) is 7.36. The predicted octanol–water partition coefficient (Wildman–Crippen LogP) is 0.150. The van der Waals surface area contributed by atoms with Gasteiger partial charge in [-0.05, 0) is 19.4 Å². The molecule has 1 rings (SSSR count). The van der Waals surface area contributed by atoms with E-state index in [4.69, 9.17) is 9.88 Å². The number of aromatic nitrogens is 2. The molecule has 0 fully saturated rings. The van der Waals surface area contributed by atoms with Gasteiger partial charge in [0.1, 0.15) is 11.4 Å². The van der Waals surface area contributed by atoms with Crippen LogP contribution in [0.3, 0.4) is 0 Å². The number of sulfonamides is 1. The standard InChI is InChI=1S/C9H15N3O3S/c1-6-4-11-9(12-5-6)8(15-3)7(2)16(10,13)14/h4-5,7-8H,1-3H3,(H2,10,13,14)/t7-,8-/m1/s1. The first-order valence-electron chi connectivity index (χ1n) is 4.69. The lowest BCUT2D eigenvalue weighted by Gasteiger charge is -2.19. The maximum absolute atomic E-state index is 11.2. The minimum Gasteiger partial charge on any atom is -0.372 e. The smallest absolute Gasteiger partial charge is 0.214 e. The largest absolute Gasteiger partial charge is 0.372 e. The van der Waals surface area contributed by atoms with Crippen molar-refractivity contribution in [2.75, 3.05) is 7.11 Å². The molecule has 1 aromatic rings. The molecule has 0 amide bonds. The van der Waals surface area contributed by atoms with Gasteiger partial charge in [-0.25, -0.2) is 23.5 Å². The second-order valence-corrected chi connectivity index (χ2v) is 5.49. The first kappa shape index (κ1) is 13.0. The van der Waals surface area contributed by atoms with Crippen LogP contribution in [0.1, 0.15) is 24.4 Å². The predicted molar refractivity (Wildman–Crippen MR) is 59.1 cm³/mol. The third kappa shape index (κ3) is 2.97. The Balaban J connectivity index is 3.03. The van der Waals surface area contributed by atoms with Gasteiger partial charge in [-0.1, -0.05) is 0 Å². The number of aryl methyl sites for hydroxylation is 1. The van der Waals surface area contributed by atoms with Crippen LogP contribution in [0.2, 0.25) is 0 Å². The molecule has 1 aromatic heterocycles. The van der Waals surface area contributed by atoms with E-state index in [-0.39, 0.29) is 0 Å². The number of ether oxygens (including phenoxy) is 1. The van der Waals surface area contributed by atoms with E-state index in [1.54, 1.807) is 12.4 Å². The van der Waals surface area contributed by atoms with Crippen molar-refractivity contribution in [3.05, 3.63) is 23.8 Å². The highest BCUT2D eigenvalue weighted by Crippen LogP contribution is 2.20. The Hall–Kier alpha value is -1.05. The Morgan fingerprint density at radius 1 is 1.38 bits per heavy atom. The highest BCUT2D eigenvalue weighted by molar-refractivity contribution is 7.89. The molecule has 0 aliphatic carbocycles. The zero-order valence-electron chi connectivity index (χ0n) is 9.41. The van der Waals surface area contributed by atoms with Gasteiger partial charge in [0.2, 0.25) is 10.0 Å². The summed E-state index contributed by atoms with van der Waals surface area (Å²) < 4.78 is 27.5. The van der Waals surface area contributed by atoms with Crippen molar-refractivity contribution in [3.63, 3.8) is 0 Å². The van der Waals surface area contributed by atoms with E-state index < -0.39 is 21.4 Å². The summed E-state index contributed by atoms with van der Waals surface area (Å²) in [7, 11) is -2.28.